The third-order valence-corrected chi connectivity index (χ3v) is 5.75. The summed E-state index contributed by atoms with van der Waals surface area (Å²) in [5, 5.41) is 3.05. The Hall–Kier alpha value is -2.85. The number of carbonyl (C=O) groups is 1. The van der Waals surface area contributed by atoms with Gasteiger partial charge in [-0.05, 0) is 58.4 Å². The number of carbonyl (C=O) groups excluding carboxylic acids is 1. The monoisotopic (exact) mass is 436 g/mol. The normalized spacial score (nSPS) is 21.5. The molecule has 1 saturated carbocycles. The summed E-state index contributed by atoms with van der Waals surface area (Å²) in [5.74, 6) is 6.30. The Labute approximate surface area is 189 Å². The Morgan fingerprint density at radius 1 is 1.12 bits per heavy atom. The molecular formula is C25H32N4O3. The van der Waals surface area contributed by atoms with E-state index < -0.39 is 0 Å². The van der Waals surface area contributed by atoms with Gasteiger partial charge in [0, 0.05) is 48.7 Å². The Kier molecular flexibility index (Phi) is 6.80. The van der Waals surface area contributed by atoms with Crippen molar-refractivity contribution in [2.24, 2.45) is 5.41 Å². The predicted molar refractivity (Wildman–Crippen MR) is 125 cm³/mol. The van der Waals surface area contributed by atoms with Gasteiger partial charge in [-0.1, -0.05) is 5.92 Å². The second-order valence-corrected chi connectivity index (χ2v) is 9.53. The van der Waals surface area contributed by atoms with E-state index in [9.17, 15) is 4.79 Å². The fourth-order valence-electron chi connectivity index (χ4n) is 4.09. The minimum atomic E-state index is -0.191. The first kappa shape index (κ1) is 22.3. The summed E-state index contributed by atoms with van der Waals surface area (Å²) >= 11 is 0. The van der Waals surface area contributed by atoms with Crippen molar-refractivity contribution in [3.63, 3.8) is 0 Å². The summed E-state index contributed by atoms with van der Waals surface area (Å²) in [6.45, 7) is 9.16. The highest BCUT2D eigenvalue weighted by Crippen LogP contribution is 2.32. The highest BCUT2D eigenvalue weighted by atomic mass is 16.5. The number of benzene rings is 1. The van der Waals surface area contributed by atoms with Crippen molar-refractivity contribution in [3.05, 3.63) is 24.5 Å². The lowest BCUT2D eigenvalue weighted by atomic mass is 9.92. The fraction of sp³-hybridized carbons (Fsp3) is 0.560. The standard InChI is InChI=1S/C25H32N4O3/c1-25(2,3)9-8-23(30)28-18-4-6-20(7-5-18)32-22-17-19(29-12-14-31-15-13-29)16-21-24(22)27-11-10-26-21/h10-11,16-18,20H,4-7,12-15H2,1-3H3,(H,28,30). The van der Waals surface area contributed by atoms with Crippen LogP contribution in [0.25, 0.3) is 11.0 Å². The predicted octanol–water partition coefficient (Wildman–Crippen LogP) is 3.32. The van der Waals surface area contributed by atoms with E-state index in [1.165, 1.54) is 0 Å². The van der Waals surface area contributed by atoms with E-state index in [1.807, 2.05) is 20.8 Å². The summed E-state index contributed by atoms with van der Waals surface area (Å²) < 4.78 is 11.9. The van der Waals surface area contributed by atoms with Crippen LogP contribution in [0.2, 0.25) is 0 Å². The molecule has 0 spiro atoms. The van der Waals surface area contributed by atoms with Crippen LogP contribution in [0.3, 0.4) is 0 Å². The summed E-state index contributed by atoms with van der Waals surface area (Å²) in [4.78, 5) is 23.5. The molecule has 0 radical (unpaired) electrons. The molecule has 7 nitrogen and oxygen atoms in total. The van der Waals surface area contributed by atoms with Crippen molar-refractivity contribution in [2.45, 2.75) is 58.6 Å². The van der Waals surface area contributed by atoms with Gasteiger partial charge in [-0.15, -0.1) is 0 Å². The van der Waals surface area contributed by atoms with Crippen LogP contribution in [0.4, 0.5) is 5.69 Å². The lowest BCUT2D eigenvalue weighted by Crippen LogP contribution is -2.39. The number of nitrogens with one attached hydrogen (secondary N) is 1. The highest BCUT2D eigenvalue weighted by molar-refractivity contribution is 5.93. The quantitative estimate of drug-likeness (QED) is 0.741. The molecule has 1 aromatic carbocycles. The molecule has 1 saturated heterocycles. The summed E-state index contributed by atoms with van der Waals surface area (Å²) in [7, 11) is 0. The lowest BCUT2D eigenvalue weighted by Gasteiger charge is -2.31. The number of ether oxygens (including phenoxy) is 2. The number of anilines is 1. The smallest absolute Gasteiger partial charge is 0.296 e. The molecule has 2 fully saturated rings. The maximum absolute atomic E-state index is 12.1. The number of nitrogens with zero attached hydrogens (tertiary/aromatic N) is 3. The molecule has 1 amide bonds. The molecule has 0 bridgehead atoms. The fourth-order valence-corrected chi connectivity index (χ4v) is 4.09. The van der Waals surface area contributed by atoms with E-state index in [4.69, 9.17) is 9.47 Å². The third kappa shape index (κ3) is 5.89. The first-order chi connectivity index (χ1) is 15.4. The number of amides is 1. The van der Waals surface area contributed by atoms with E-state index in [2.05, 4.69) is 44.2 Å². The maximum Gasteiger partial charge on any atom is 0.296 e. The number of fused-ring (bicyclic) bond motifs is 1. The number of hydrogen-bond acceptors (Lipinski definition) is 6. The van der Waals surface area contributed by atoms with Crippen molar-refractivity contribution < 1.29 is 14.3 Å². The zero-order valence-electron chi connectivity index (χ0n) is 19.2. The summed E-state index contributed by atoms with van der Waals surface area (Å²) in [5.41, 5.74) is 2.54. The van der Waals surface area contributed by atoms with Crippen LogP contribution < -0.4 is 15.0 Å². The van der Waals surface area contributed by atoms with E-state index >= 15 is 0 Å². The molecule has 0 unspecified atom stereocenters. The minimum absolute atomic E-state index is 0.0916. The summed E-state index contributed by atoms with van der Waals surface area (Å²) in [6.07, 6.45) is 7.01. The van der Waals surface area contributed by atoms with E-state index in [1.54, 1.807) is 12.4 Å². The van der Waals surface area contributed by atoms with Crippen LogP contribution in [-0.4, -0.2) is 54.3 Å². The van der Waals surface area contributed by atoms with Gasteiger partial charge in [0.05, 0.1) is 24.8 Å². The van der Waals surface area contributed by atoms with E-state index in [0.717, 1.165) is 74.5 Å². The number of aromatic nitrogens is 2. The largest absolute Gasteiger partial charge is 0.488 e. The summed E-state index contributed by atoms with van der Waals surface area (Å²) in [6, 6.07) is 4.30. The van der Waals surface area contributed by atoms with Crippen molar-refractivity contribution in [1.82, 2.24) is 15.3 Å². The van der Waals surface area contributed by atoms with Crippen LogP contribution in [-0.2, 0) is 9.53 Å². The molecule has 1 N–H and O–H groups in total. The van der Waals surface area contributed by atoms with Crippen LogP contribution in [0.15, 0.2) is 24.5 Å². The molecule has 32 heavy (non-hydrogen) atoms. The SMILES string of the molecule is CC(C)(C)C#CC(=O)NC1CCC(Oc2cc(N3CCOCC3)cc3nccnc23)CC1. The van der Waals surface area contributed by atoms with Gasteiger partial charge in [0.15, 0.2) is 0 Å². The van der Waals surface area contributed by atoms with Crippen molar-refractivity contribution in [2.75, 3.05) is 31.2 Å². The van der Waals surface area contributed by atoms with Gasteiger partial charge in [-0.2, -0.15) is 0 Å². The average Bonchev–Trinajstić information content (AvgIpc) is 2.79. The molecule has 1 aromatic heterocycles. The molecule has 2 heterocycles. The molecular weight excluding hydrogens is 404 g/mol. The first-order valence-electron chi connectivity index (χ1n) is 11.5. The number of hydrogen-bond donors (Lipinski definition) is 1. The van der Waals surface area contributed by atoms with Crippen molar-refractivity contribution in [3.8, 4) is 17.6 Å². The van der Waals surface area contributed by atoms with Gasteiger partial charge in [-0.3, -0.25) is 9.78 Å². The molecule has 1 aliphatic heterocycles. The van der Waals surface area contributed by atoms with Gasteiger partial charge in [-0.25, -0.2) is 4.98 Å². The lowest BCUT2D eigenvalue weighted by molar-refractivity contribution is -0.116. The van der Waals surface area contributed by atoms with Crippen LogP contribution >= 0.6 is 0 Å². The first-order valence-corrected chi connectivity index (χ1v) is 11.5. The zero-order chi connectivity index (χ0) is 22.6. The second-order valence-electron chi connectivity index (χ2n) is 9.53. The Morgan fingerprint density at radius 2 is 1.84 bits per heavy atom. The van der Waals surface area contributed by atoms with Crippen molar-refractivity contribution >= 4 is 22.6 Å². The van der Waals surface area contributed by atoms with Crippen LogP contribution in [0.1, 0.15) is 46.5 Å². The van der Waals surface area contributed by atoms with Gasteiger partial charge in [0.2, 0.25) is 0 Å². The molecule has 170 valence electrons. The van der Waals surface area contributed by atoms with Gasteiger partial charge >= 0.3 is 0 Å². The average molecular weight is 437 g/mol. The Balaban J connectivity index is 1.41. The second kappa shape index (κ2) is 9.74. The number of morpholine rings is 1. The molecule has 2 aliphatic rings. The van der Waals surface area contributed by atoms with Gasteiger partial charge < -0.3 is 19.7 Å². The molecule has 1 aliphatic carbocycles. The maximum atomic E-state index is 12.1. The molecule has 4 rings (SSSR count). The molecule has 2 aromatic rings. The highest BCUT2D eigenvalue weighted by Gasteiger charge is 2.25. The van der Waals surface area contributed by atoms with Crippen molar-refractivity contribution in [1.29, 1.82) is 0 Å². The minimum Gasteiger partial charge on any atom is -0.488 e. The van der Waals surface area contributed by atoms with Gasteiger partial charge in [0.1, 0.15) is 11.3 Å². The Bertz CT molecular complexity index is 1010. The Morgan fingerprint density at radius 3 is 2.56 bits per heavy atom. The molecule has 7 heteroatoms. The third-order valence-electron chi connectivity index (χ3n) is 5.75. The zero-order valence-corrected chi connectivity index (χ0v) is 19.2. The van der Waals surface area contributed by atoms with Gasteiger partial charge in [0.25, 0.3) is 5.91 Å². The van der Waals surface area contributed by atoms with Crippen LogP contribution in [0, 0.1) is 17.3 Å². The van der Waals surface area contributed by atoms with E-state index in [0.29, 0.717) is 0 Å². The molecule has 0 atom stereocenters. The van der Waals surface area contributed by atoms with E-state index in [-0.39, 0.29) is 23.5 Å². The van der Waals surface area contributed by atoms with Crippen LogP contribution in [0.5, 0.6) is 5.75 Å². The number of rotatable bonds is 4. The topological polar surface area (TPSA) is 76.6 Å².